The third kappa shape index (κ3) is 24.7. The maximum absolute atomic E-state index is 12.2. The van der Waals surface area contributed by atoms with Crippen LogP contribution in [0.1, 0.15) is 121 Å². The Morgan fingerprint density at radius 3 is 1.79 bits per heavy atom. The zero-order valence-electron chi connectivity index (χ0n) is 39.0. The summed E-state index contributed by atoms with van der Waals surface area (Å²) in [6.45, 7) is 16.7. The molecule has 4 aromatic carbocycles. The minimum atomic E-state index is -1.91. The molecule has 9 heteroatoms. The number of phenols is 1. The Kier molecular flexibility index (Phi) is 26.8. The number of aliphatic carboxylic acids is 1. The molecule has 0 aliphatic carbocycles. The van der Waals surface area contributed by atoms with Crippen molar-refractivity contribution in [1.29, 1.82) is 0 Å². The molecule has 0 heterocycles. The molecular weight excluding hydrogens is 805 g/mol. The van der Waals surface area contributed by atoms with Crippen LogP contribution in [0.25, 0.3) is 18.2 Å². The van der Waals surface area contributed by atoms with Crippen LogP contribution in [0.2, 0.25) is 18.1 Å². The van der Waals surface area contributed by atoms with Gasteiger partial charge in [-0.3, -0.25) is 0 Å². The number of unbranched alkanes of at least 4 members (excludes halogenated alkanes) is 8. The molecule has 63 heavy (non-hydrogen) atoms. The monoisotopic (exact) mass is 879 g/mol. The topological polar surface area (TPSA) is 112 Å². The van der Waals surface area contributed by atoms with Crippen LogP contribution < -0.4 is 4.43 Å². The van der Waals surface area contributed by atoms with Gasteiger partial charge in [-0.15, -0.1) is 0 Å². The van der Waals surface area contributed by atoms with Gasteiger partial charge < -0.3 is 28.8 Å². The lowest BCUT2D eigenvalue weighted by molar-refractivity contribution is -0.172. The average Bonchev–Trinajstić information content (AvgIpc) is 3.26. The van der Waals surface area contributed by atoms with Crippen LogP contribution >= 0.6 is 0 Å². The van der Waals surface area contributed by atoms with E-state index in [0.717, 1.165) is 42.4 Å². The molecule has 1 unspecified atom stereocenters. The van der Waals surface area contributed by atoms with Crippen LogP contribution in [-0.4, -0.2) is 50.0 Å². The number of hydrogen-bond acceptors (Lipinski definition) is 7. The van der Waals surface area contributed by atoms with Crippen molar-refractivity contribution in [2.75, 3.05) is 13.2 Å². The highest BCUT2D eigenvalue weighted by Crippen LogP contribution is 2.38. The Labute approximate surface area is 379 Å². The second kappa shape index (κ2) is 31.5. The number of hydrogen-bond donors (Lipinski definition) is 2. The lowest BCUT2D eigenvalue weighted by atomic mass is 10.1. The highest BCUT2D eigenvalue weighted by atomic mass is 28.4. The first kappa shape index (κ1) is 53.8. The maximum Gasteiger partial charge on any atom is 0.333 e. The highest BCUT2D eigenvalue weighted by molar-refractivity contribution is 6.74. The van der Waals surface area contributed by atoms with Crippen molar-refractivity contribution in [3.63, 3.8) is 0 Å². The van der Waals surface area contributed by atoms with Crippen molar-refractivity contribution >= 4 is 38.5 Å². The average molecular weight is 879 g/mol. The van der Waals surface area contributed by atoms with Gasteiger partial charge in [-0.25, -0.2) is 9.59 Å². The molecule has 0 aliphatic rings. The Morgan fingerprint density at radius 1 is 0.651 bits per heavy atom. The Hall–Kier alpha value is -5.38. The molecular formula is C54H74O8Si. The molecule has 0 saturated heterocycles. The molecule has 342 valence electrons. The molecule has 0 fully saturated rings. The van der Waals surface area contributed by atoms with E-state index in [1.807, 2.05) is 78.9 Å². The van der Waals surface area contributed by atoms with Gasteiger partial charge in [0, 0.05) is 29.7 Å². The van der Waals surface area contributed by atoms with Gasteiger partial charge >= 0.3 is 11.9 Å². The number of esters is 1. The van der Waals surface area contributed by atoms with Gasteiger partial charge in [0.15, 0.2) is 0 Å². The standard InChI is InChI=1S/C24H30O4.C15H22O3Si.C15H22O/c1-2-3-4-5-11-18-27-24(19-20-12-7-6-8-13-20)28-23(26)17-16-21-14-9-10-15-22(21)25;1-15(2,3)19(4,5)18-13-9-7-6-8-12(13)10-11-14(16)17;1-2-3-4-5-9-13-16-14-12-15-10-7-6-8-11-15/h6-10,12-17,24-25H,2-5,11,18-19H2,1H3;6-11H,1-5H3,(H,16,17);6-8,10-12,14H,2-5,9,13H2,1H3/b17-16+;11-10+;14-12-. The van der Waals surface area contributed by atoms with Crippen LogP contribution in [0.3, 0.4) is 0 Å². The van der Waals surface area contributed by atoms with E-state index in [2.05, 4.69) is 59.8 Å². The first-order chi connectivity index (χ1) is 30.3. The van der Waals surface area contributed by atoms with E-state index in [9.17, 15) is 14.7 Å². The molecule has 0 spiro atoms. The van der Waals surface area contributed by atoms with E-state index in [1.165, 1.54) is 63.0 Å². The second-order valence-electron chi connectivity index (χ2n) is 16.8. The lowest BCUT2D eigenvalue weighted by Crippen LogP contribution is -2.44. The predicted molar refractivity (Wildman–Crippen MR) is 263 cm³/mol. The number of benzene rings is 4. The number of carbonyl (C=O) groups excluding carboxylic acids is 1. The van der Waals surface area contributed by atoms with E-state index in [4.69, 9.17) is 23.7 Å². The Morgan fingerprint density at radius 2 is 1.19 bits per heavy atom. The quantitative estimate of drug-likeness (QED) is 0.0179. The van der Waals surface area contributed by atoms with Gasteiger partial charge in [0.1, 0.15) is 11.5 Å². The number of phenolic OH excluding ortho intramolecular Hbond substituents is 1. The molecule has 0 radical (unpaired) electrons. The molecule has 0 aliphatic heterocycles. The SMILES string of the molecule is CC(C)(C)[Si](C)(C)Oc1ccccc1/C=C/C(=O)O.CCCCCCCO/C=C\c1ccccc1.CCCCCCCOC(Cc1ccccc1)OC(=O)/C=C/c1ccccc1O. The summed E-state index contributed by atoms with van der Waals surface area (Å²) in [6, 6.07) is 34.4. The van der Waals surface area contributed by atoms with E-state index in [0.29, 0.717) is 18.6 Å². The first-order valence-electron chi connectivity index (χ1n) is 22.6. The molecule has 0 saturated carbocycles. The zero-order valence-corrected chi connectivity index (χ0v) is 40.0. The first-order valence-corrected chi connectivity index (χ1v) is 25.5. The number of carbonyl (C=O) groups is 2. The second-order valence-corrected chi connectivity index (χ2v) is 21.5. The van der Waals surface area contributed by atoms with E-state index < -0.39 is 26.5 Å². The third-order valence-corrected chi connectivity index (χ3v) is 14.7. The molecule has 8 nitrogen and oxygen atoms in total. The summed E-state index contributed by atoms with van der Waals surface area (Å²) in [7, 11) is -1.91. The maximum atomic E-state index is 12.2. The number of carboxylic acids is 1. The third-order valence-electron chi connectivity index (χ3n) is 10.4. The van der Waals surface area contributed by atoms with Crippen molar-refractivity contribution in [3.05, 3.63) is 150 Å². The summed E-state index contributed by atoms with van der Waals surface area (Å²) in [5.41, 5.74) is 3.61. The summed E-state index contributed by atoms with van der Waals surface area (Å²) in [6.07, 6.45) is 21.4. The minimum Gasteiger partial charge on any atom is -0.543 e. The fraction of sp³-hybridized carbons (Fsp3) is 0.407. The predicted octanol–water partition coefficient (Wildman–Crippen LogP) is 14.3. The summed E-state index contributed by atoms with van der Waals surface area (Å²) < 4.78 is 23.0. The summed E-state index contributed by atoms with van der Waals surface area (Å²) in [5, 5.41) is 18.6. The number of aromatic hydroxyl groups is 1. The van der Waals surface area contributed by atoms with Crippen LogP contribution in [0.5, 0.6) is 11.5 Å². The molecule has 0 bridgehead atoms. The van der Waals surface area contributed by atoms with Gasteiger partial charge in [0.2, 0.25) is 6.29 Å². The van der Waals surface area contributed by atoms with E-state index in [1.54, 1.807) is 42.7 Å². The normalized spacial score (nSPS) is 12.0. The number of carboxylic acid groups (broad SMARTS) is 1. The highest BCUT2D eigenvalue weighted by Gasteiger charge is 2.39. The fourth-order valence-corrected chi connectivity index (χ4v) is 6.71. The zero-order chi connectivity index (χ0) is 46.2. The minimum absolute atomic E-state index is 0.108. The van der Waals surface area contributed by atoms with Crippen molar-refractivity contribution in [2.24, 2.45) is 0 Å². The number of ether oxygens (including phenoxy) is 3. The van der Waals surface area contributed by atoms with Gasteiger partial charge in [-0.05, 0) is 72.5 Å². The summed E-state index contributed by atoms with van der Waals surface area (Å²) >= 11 is 0. The van der Waals surface area contributed by atoms with Gasteiger partial charge in [-0.2, -0.15) is 0 Å². The summed E-state index contributed by atoms with van der Waals surface area (Å²) in [5.74, 6) is -0.570. The van der Waals surface area contributed by atoms with E-state index >= 15 is 0 Å². The van der Waals surface area contributed by atoms with Crippen molar-refractivity contribution in [2.45, 2.75) is 130 Å². The molecule has 0 aromatic heterocycles. The number of rotatable bonds is 24. The van der Waals surface area contributed by atoms with Crippen molar-refractivity contribution in [1.82, 2.24) is 0 Å². The largest absolute Gasteiger partial charge is 0.543 e. The van der Waals surface area contributed by atoms with Crippen LogP contribution in [0.4, 0.5) is 0 Å². The summed E-state index contributed by atoms with van der Waals surface area (Å²) in [4.78, 5) is 22.8. The number of para-hydroxylation sites is 2. The molecule has 1 atom stereocenters. The molecule has 2 N–H and O–H groups in total. The van der Waals surface area contributed by atoms with Gasteiger partial charge in [0.25, 0.3) is 8.32 Å². The molecule has 0 amide bonds. The van der Waals surface area contributed by atoms with E-state index in [-0.39, 0.29) is 10.8 Å². The van der Waals surface area contributed by atoms with Crippen LogP contribution in [0, 0.1) is 0 Å². The van der Waals surface area contributed by atoms with Crippen molar-refractivity contribution in [3.8, 4) is 11.5 Å². The van der Waals surface area contributed by atoms with Crippen LogP contribution in [0.15, 0.2) is 128 Å². The van der Waals surface area contributed by atoms with Gasteiger partial charge in [-0.1, -0.05) is 183 Å². The van der Waals surface area contributed by atoms with Crippen LogP contribution in [-0.2, 0) is 30.2 Å². The van der Waals surface area contributed by atoms with Gasteiger partial charge in [0.05, 0.1) is 19.5 Å². The smallest absolute Gasteiger partial charge is 0.333 e. The molecule has 4 aromatic rings. The fourth-order valence-electron chi connectivity index (χ4n) is 5.66. The molecule has 4 rings (SSSR count). The Balaban J connectivity index is 0.000000342. The lowest BCUT2D eigenvalue weighted by Gasteiger charge is -2.36. The Bertz CT molecular complexity index is 1920. The van der Waals surface area contributed by atoms with Crippen molar-refractivity contribution < 1.29 is 38.4 Å².